The summed E-state index contributed by atoms with van der Waals surface area (Å²) < 4.78 is 6.39. The van der Waals surface area contributed by atoms with Gasteiger partial charge in [-0.3, -0.25) is 4.79 Å². The van der Waals surface area contributed by atoms with Crippen LogP contribution in [0.5, 0.6) is 5.75 Å². The zero-order valence-electron chi connectivity index (χ0n) is 14.2. The molecular weight excluding hydrogens is 368 g/mol. The van der Waals surface area contributed by atoms with Gasteiger partial charge in [-0.25, -0.2) is 0 Å². The van der Waals surface area contributed by atoms with Gasteiger partial charge in [0.25, 0.3) is 0 Å². The topological polar surface area (TPSA) is 50.4 Å². The summed E-state index contributed by atoms with van der Waals surface area (Å²) in [5.74, 6) is 1.22. The summed E-state index contributed by atoms with van der Waals surface area (Å²) in [6, 6.07) is 13.6. The molecule has 0 saturated heterocycles. The quantitative estimate of drug-likeness (QED) is 0.694. The highest BCUT2D eigenvalue weighted by atomic mass is 79.9. The normalized spacial score (nSPS) is 10.5. The summed E-state index contributed by atoms with van der Waals surface area (Å²) in [5, 5.41) is 6.30. The van der Waals surface area contributed by atoms with E-state index in [9.17, 15) is 4.79 Å². The zero-order chi connectivity index (χ0) is 17.5. The third-order valence-corrected chi connectivity index (χ3v) is 3.96. The molecule has 0 aliphatic carbocycles. The summed E-state index contributed by atoms with van der Waals surface area (Å²) >= 11 is 3.48. The fourth-order valence-corrected chi connectivity index (χ4v) is 2.78. The first-order chi connectivity index (χ1) is 11.5. The third-order valence-electron chi connectivity index (χ3n) is 3.47. The molecule has 2 aromatic rings. The van der Waals surface area contributed by atoms with E-state index in [0.717, 1.165) is 27.2 Å². The lowest BCUT2D eigenvalue weighted by molar-refractivity contribution is -0.116. The Labute approximate surface area is 151 Å². The zero-order valence-corrected chi connectivity index (χ0v) is 15.8. The molecule has 0 atom stereocenters. The van der Waals surface area contributed by atoms with Gasteiger partial charge in [-0.2, -0.15) is 0 Å². The largest absolute Gasteiger partial charge is 0.496 e. The van der Waals surface area contributed by atoms with Crippen LogP contribution in [0.15, 0.2) is 46.9 Å². The van der Waals surface area contributed by atoms with Crippen LogP contribution in [0.25, 0.3) is 0 Å². The van der Waals surface area contributed by atoms with E-state index in [-0.39, 0.29) is 5.91 Å². The van der Waals surface area contributed by atoms with Gasteiger partial charge >= 0.3 is 0 Å². The highest BCUT2D eigenvalue weighted by Gasteiger charge is 2.07. The Morgan fingerprint density at radius 3 is 2.62 bits per heavy atom. The average molecular weight is 391 g/mol. The van der Waals surface area contributed by atoms with Gasteiger partial charge in [0.05, 0.1) is 7.11 Å². The van der Waals surface area contributed by atoms with Crippen molar-refractivity contribution < 1.29 is 9.53 Å². The standard InChI is InChI=1S/C19H23BrN2O2/c1-13(2)9-19(23)22-17-6-4-5-16(11-17)21-12-14-10-15(20)7-8-18(14)24-3/h4-8,10-11,13,21H,9,12H2,1-3H3,(H,22,23). The summed E-state index contributed by atoms with van der Waals surface area (Å²) in [6.07, 6.45) is 0.521. The second-order valence-corrected chi connectivity index (χ2v) is 6.95. The van der Waals surface area contributed by atoms with Crippen molar-refractivity contribution >= 4 is 33.2 Å². The van der Waals surface area contributed by atoms with Crippen molar-refractivity contribution in [2.24, 2.45) is 5.92 Å². The molecule has 0 saturated carbocycles. The SMILES string of the molecule is COc1ccc(Br)cc1CNc1cccc(NC(=O)CC(C)C)c1. The maximum absolute atomic E-state index is 11.9. The molecule has 0 aromatic heterocycles. The van der Waals surface area contributed by atoms with Gasteiger partial charge in [-0.05, 0) is 42.3 Å². The van der Waals surface area contributed by atoms with Crippen LogP contribution >= 0.6 is 15.9 Å². The van der Waals surface area contributed by atoms with Gasteiger partial charge in [-0.1, -0.05) is 35.8 Å². The van der Waals surface area contributed by atoms with Crippen molar-refractivity contribution in [1.82, 2.24) is 0 Å². The summed E-state index contributed by atoms with van der Waals surface area (Å²) in [5.41, 5.74) is 2.80. The third kappa shape index (κ3) is 5.57. The molecule has 24 heavy (non-hydrogen) atoms. The Kier molecular flexibility index (Phi) is 6.67. The molecule has 2 N–H and O–H groups in total. The van der Waals surface area contributed by atoms with E-state index in [1.807, 2.05) is 56.3 Å². The smallest absolute Gasteiger partial charge is 0.224 e. The monoisotopic (exact) mass is 390 g/mol. The number of benzene rings is 2. The van der Waals surface area contributed by atoms with Gasteiger partial charge in [0.1, 0.15) is 5.75 Å². The van der Waals surface area contributed by atoms with Crippen molar-refractivity contribution in [3.63, 3.8) is 0 Å². The van der Waals surface area contributed by atoms with Crippen LogP contribution in [0, 0.1) is 5.92 Å². The van der Waals surface area contributed by atoms with Crippen LogP contribution in [0.3, 0.4) is 0 Å². The molecule has 0 aliphatic heterocycles. The highest BCUT2D eigenvalue weighted by Crippen LogP contribution is 2.24. The van der Waals surface area contributed by atoms with E-state index in [1.165, 1.54) is 0 Å². The van der Waals surface area contributed by atoms with Crippen LogP contribution in [-0.2, 0) is 11.3 Å². The average Bonchev–Trinajstić information content (AvgIpc) is 2.52. The van der Waals surface area contributed by atoms with E-state index in [4.69, 9.17) is 4.74 Å². The Hall–Kier alpha value is -2.01. The summed E-state index contributed by atoms with van der Waals surface area (Å²) in [4.78, 5) is 11.9. The van der Waals surface area contributed by atoms with Crippen LogP contribution in [0.2, 0.25) is 0 Å². The van der Waals surface area contributed by atoms with E-state index >= 15 is 0 Å². The molecule has 2 rings (SSSR count). The molecule has 5 heteroatoms. The fraction of sp³-hybridized carbons (Fsp3) is 0.316. The molecule has 0 fully saturated rings. The number of anilines is 2. The van der Waals surface area contributed by atoms with E-state index in [1.54, 1.807) is 7.11 Å². The molecule has 4 nitrogen and oxygen atoms in total. The lowest BCUT2D eigenvalue weighted by Crippen LogP contribution is -2.13. The number of carbonyl (C=O) groups is 1. The van der Waals surface area contributed by atoms with Gasteiger partial charge in [0.15, 0.2) is 0 Å². The molecule has 2 aromatic carbocycles. The second kappa shape index (κ2) is 8.73. The van der Waals surface area contributed by atoms with Crippen molar-refractivity contribution in [2.45, 2.75) is 26.8 Å². The van der Waals surface area contributed by atoms with Crippen LogP contribution in [0.1, 0.15) is 25.8 Å². The van der Waals surface area contributed by atoms with Crippen LogP contribution < -0.4 is 15.4 Å². The summed E-state index contributed by atoms with van der Waals surface area (Å²) in [6.45, 7) is 4.69. The molecule has 0 heterocycles. The first-order valence-corrected chi connectivity index (χ1v) is 8.73. The molecule has 0 unspecified atom stereocenters. The first-order valence-electron chi connectivity index (χ1n) is 7.94. The van der Waals surface area contributed by atoms with Crippen molar-refractivity contribution in [3.05, 3.63) is 52.5 Å². The number of hydrogen-bond donors (Lipinski definition) is 2. The van der Waals surface area contributed by atoms with Gasteiger partial charge < -0.3 is 15.4 Å². The number of halogens is 1. The Morgan fingerprint density at radius 2 is 1.92 bits per heavy atom. The molecule has 0 radical (unpaired) electrons. The molecule has 0 aliphatic rings. The number of rotatable bonds is 7. The molecule has 128 valence electrons. The van der Waals surface area contributed by atoms with Gasteiger partial charge in [0.2, 0.25) is 5.91 Å². The molecule has 0 spiro atoms. The molecular formula is C19H23BrN2O2. The van der Waals surface area contributed by atoms with E-state index < -0.39 is 0 Å². The maximum atomic E-state index is 11.9. The minimum absolute atomic E-state index is 0.0378. The van der Waals surface area contributed by atoms with Gasteiger partial charge in [-0.15, -0.1) is 0 Å². The number of hydrogen-bond acceptors (Lipinski definition) is 3. The Morgan fingerprint density at radius 1 is 1.17 bits per heavy atom. The second-order valence-electron chi connectivity index (χ2n) is 6.04. The van der Waals surface area contributed by atoms with Crippen molar-refractivity contribution in [2.75, 3.05) is 17.7 Å². The lowest BCUT2D eigenvalue weighted by Gasteiger charge is -2.13. The lowest BCUT2D eigenvalue weighted by atomic mass is 10.1. The number of ether oxygens (including phenoxy) is 1. The summed E-state index contributed by atoms with van der Waals surface area (Å²) in [7, 11) is 1.66. The number of nitrogens with one attached hydrogen (secondary N) is 2. The Balaban J connectivity index is 2.02. The predicted molar refractivity (Wildman–Crippen MR) is 103 cm³/mol. The number of methoxy groups -OCH3 is 1. The minimum Gasteiger partial charge on any atom is -0.496 e. The van der Waals surface area contributed by atoms with Gasteiger partial charge in [0, 0.05) is 34.4 Å². The maximum Gasteiger partial charge on any atom is 0.224 e. The minimum atomic E-state index is 0.0378. The van der Waals surface area contributed by atoms with Crippen molar-refractivity contribution in [1.29, 1.82) is 0 Å². The molecule has 0 bridgehead atoms. The molecule has 1 amide bonds. The van der Waals surface area contributed by atoms with Crippen molar-refractivity contribution in [3.8, 4) is 5.75 Å². The first kappa shape index (κ1) is 18.3. The van der Waals surface area contributed by atoms with Crippen LogP contribution in [-0.4, -0.2) is 13.0 Å². The number of amides is 1. The number of carbonyl (C=O) groups excluding carboxylic acids is 1. The Bertz CT molecular complexity index is 702. The highest BCUT2D eigenvalue weighted by molar-refractivity contribution is 9.10. The van der Waals surface area contributed by atoms with E-state index in [0.29, 0.717) is 18.9 Å². The van der Waals surface area contributed by atoms with E-state index in [2.05, 4.69) is 26.6 Å². The van der Waals surface area contributed by atoms with Crippen LogP contribution in [0.4, 0.5) is 11.4 Å². The fourth-order valence-electron chi connectivity index (χ4n) is 2.37. The predicted octanol–water partition coefficient (Wildman–Crippen LogP) is 5.05.